The molecule has 1 aliphatic heterocycles. The van der Waals surface area contributed by atoms with Crippen LogP contribution < -0.4 is 5.32 Å². The summed E-state index contributed by atoms with van der Waals surface area (Å²) in [7, 11) is 0. The Balaban J connectivity index is 1.95. The van der Waals surface area contributed by atoms with Crippen LogP contribution in [0.4, 0.5) is 10.1 Å². The van der Waals surface area contributed by atoms with Gasteiger partial charge in [0.2, 0.25) is 0 Å². The van der Waals surface area contributed by atoms with Crippen LogP contribution in [-0.4, -0.2) is 41.5 Å². The van der Waals surface area contributed by atoms with Crippen molar-refractivity contribution in [1.29, 1.82) is 0 Å². The van der Waals surface area contributed by atoms with Crippen molar-refractivity contribution in [3.63, 3.8) is 0 Å². The van der Waals surface area contributed by atoms with Crippen LogP contribution >= 0.6 is 0 Å². The number of carbonyl (C=O) groups excluding carboxylic acids is 2. The van der Waals surface area contributed by atoms with Crippen molar-refractivity contribution >= 4 is 17.5 Å². The summed E-state index contributed by atoms with van der Waals surface area (Å²) >= 11 is 0. The number of halogens is 1. The number of anilines is 1. The number of aryl methyl sites for hydroxylation is 1. The molecular weight excluding hydrogens is 275 g/mol. The van der Waals surface area contributed by atoms with E-state index in [1.807, 2.05) is 0 Å². The Morgan fingerprint density at radius 2 is 2.05 bits per heavy atom. The molecule has 1 aromatic rings. The molecule has 1 aromatic carbocycles. The molecule has 1 heterocycles. The zero-order chi connectivity index (χ0) is 15.4. The molecule has 6 heteroatoms. The second-order valence-corrected chi connectivity index (χ2v) is 5.36. The van der Waals surface area contributed by atoms with E-state index < -0.39 is 17.6 Å². The first-order chi connectivity index (χ1) is 10.0. The van der Waals surface area contributed by atoms with Crippen molar-refractivity contribution < 1.29 is 19.1 Å². The van der Waals surface area contributed by atoms with Gasteiger partial charge in [0, 0.05) is 19.7 Å². The number of piperidine rings is 1. The normalized spacial score (nSPS) is 15.9. The Labute approximate surface area is 122 Å². The lowest BCUT2D eigenvalue weighted by Crippen LogP contribution is -2.44. The summed E-state index contributed by atoms with van der Waals surface area (Å²) in [5, 5.41) is 11.4. The van der Waals surface area contributed by atoms with Crippen molar-refractivity contribution in [2.24, 2.45) is 5.92 Å². The first-order valence-electron chi connectivity index (χ1n) is 6.98. The highest BCUT2D eigenvalue weighted by Crippen LogP contribution is 2.18. The number of likely N-dealkylation sites (tertiary alicyclic amines) is 1. The van der Waals surface area contributed by atoms with Gasteiger partial charge in [-0.05, 0) is 43.4 Å². The van der Waals surface area contributed by atoms with Crippen LogP contribution in [0.2, 0.25) is 0 Å². The van der Waals surface area contributed by atoms with Crippen LogP contribution in [-0.2, 0) is 9.59 Å². The van der Waals surface area contributed by atoms with Crippen molar-refractivity contribution in [2.75, 3.05) is 25.0 Å². The Morgan fingerprint density at radius 1 is 1.38 bits per heavy atom. The number of hydrogen-bond acceptors (Lipinski definition) is 3. The van der Waals surface area contributed by atoms with E-state index in [1.54, 1.807) is 13.0 Å². The van der Waals surface area contributed by atoms with Gasteiger partial charge in [-0.3, -0.25) is 9.59 Å². The van der Waals surface area contributed by atoms with Crippen LogP contribution in [0.3, 0.4) is 0 Å². The molecule has 114 valence electrons. The second-order valence-electron chi connectivity index (χ2n) is 5.36. The maximum absolute atomic E-state index is 13.6. The summed E-state index contributed by atoms with van der Waals surface area (Å²) in [5.74, 6) is -1.87. The number of hydrogen-bond donors (Lipinski definition) is 2. The van der Waals surface area contributed by atoms with Gasteiger partial charge in [0.25, 0.3) is 0 Å². The molecule has 5 nitrogen and oxygen atoms in total. The fraction of sp³-hybridized carbons (Fsp3) is 0.467. The molecular formula is C15H19FN2O3. The Morgan fingerprint density at radius 3 is 2.62 bits per heavy atom. The van der Waals surface area contributed by atoms with Gasteiger partial charge < -0.3 is 15.3 Å². The molecule has 0 aromatic heterocycles. The topological polar surface area (TPSA) is 69.6 Å². The summed E-state index contributed by atoms with van der Waals surface area (Å²) in [6.07, 6.45) is 1.35. The lowest BCUT2D eigenvalue weighted by Gasteiger charge is -2.30. The first kappa shape index (κ1) is 15.4. The molecule has 2 rings (SSSR count). The molecule has 1 aliphatic rings. The Bertz CT molecular complexity index is 540. The third-order valence-electron chi connectivity index (χ3n) is 3.73. The summed E-state index contributed by atoms with van der Waals surface area (Å²) in [4.78, 5) is 25.3. The van der Waals surface area contributed by atoms with Gasteiger partial charge >= 0.3 is 11.8 Å². The predicted molar refractivity (Wildman–Crippen MR) is 76.2 cm³/mol. The Kier molecular flexibility index (Phi) is 4.90. The molecule has 2 N–H and O–H groups in total. The molecule has 0 saturated carbocycles. The molecule has 1 fully saturated rings. The monoisotopic (exact) mass is 294 g/mol. The number of nitrogens with zero attached hydrogens (tertiary/aromatic N) is 1. The minimum Gasteiger partial charge on any atom is -0.396 e. The van der Waals surface area contributed by atoms with E-state index in [1.165, 1.54) is 17.0 Å². The third-order valence-corrected chi connectivity index (χ3v) is 3.73. The number of nitrogens with one attached hydrogen (secondary N) is 1. The zero-order valence-electron chi connectivity index (χ0n) is 11.9. The summed E-state index contributed by atoms with van der Waals surface area (Å²) in [5.41, 5.74) is 0.743. The number of amides is 2. The smallest absolute Gasteiger partial charge is 0.313 e. The highest BCUT2D eigenvalue weighted by atomic mass is 19.1. The van der Waals surface area contributed by atoms with Crippen molar-refractivity contribution in [3.8, 4) is 0 Å². The van der Waals surface area contributed by atoms with Crippen LogP contribution in [0.25, 0.3) is 0 Å². The van der Waals surface area contributed by atoms with Crippen molar-refractivity contribution in [2.45, 2.75) is 19.8 Å². The molecule has 0 radical (unpaired) electrons. The number of rotatable bonds is 2. The van der Waals surface area contributed by atoms with Gasteiger partial charge in [-0.1, -0.05) is 6.07 Å². The van der Waals surface area contributed by atoms with E-state index in [2.05, 4.69) is 5.32 Å². The lowest BCUT2D eigenvalue weighted by molar-refractivity contribution is -0.144. The van der Waals surface area contributed by atoms with E-state index >= 15 is 0 Å². The van der Waals surface area contributed by atoms with E-state index in [0.717, 1.165) is 5.56 Å². The quantitative estimate of drug-likeness (QED) is 0.808. The second kappa shape index (κ2) is 6.67. The first-order valence-corrected chi connectivity index (χ1v) is 6.98. The molecule has 0 aliphatic carbocycles. The molecule has 2 amide bonds. The number of aliphatic hydroxyl groups excluding tert-OH is 1. The van der Waals surface area contributed by atoms with Crippen LogP contribution in [0.1, 0.15) is 18.4 Å². The standard InChI is InChI=1S/C15H19FN2O3/c1-10-2-3-13(12(16)8-10)17-14(20)15(21)18-6-4-11(9-19)5-7-18/h2-3,8,11,19H,4-7,9H2,1H3,(H,17,20). The van der Waals surface area contributed by atoms with Crippen LogP contribution in [0.15, 0.2) is 18.2 Å². The van der Waals surface area contributed by atoms with Crippen molar-refractivity contribution in [1.82, 2.24) is 4.90 Å². The predicted octanol–water partition coefficient (Wildman–Crippen LogP) is 1.30. The van der Waals surface area contributed by atoms with E-state index in [4.69, 9.17) is 5.11 Å². The number of carbonyl (C=O) groups is 2. The van der Waals surface area contributed by atoms with Crippen molar-refractivity contribution in [3.05, 3.63) is 29.6 Å². The van der Waals surface area contributed by atoms with Gasteiger partial charge in [-0.2, -0.15) is 0 Å². The molecule has 0 spiro atoms. The molecule has 0 bridgehead atoms. The SMILES string of the molecule is Cc1ccc(NC(=O)C(=O)N2CCC(CO)CC2)c(F)c1. The summed E-state index contributed by atoms with van der Waals surface area (Å²) in [6, 6.07) is 4.40. The van der Waals surface area contributed by atoms with E-state index in [0.29, 0.717) is 25.9 Å². The molecule has 0 atom stereocenters. The van der Waals surface area contributed by atoms with Gasteiger partial charge in [0.05, 0.1) is 5.69 Å². The highest BCUT2D eigenvalue weighted by molar-refractivity contribution is 6.39. The van der Waals surface area contributed by atoms with Crippen LogP contribution in [0, 0.1) is 18.7 Å². The van der Waals surface area contributed by atoms with Gasteiger partial charge in [0.15, 0.2) is 0 Å². The fourth-order valence-electron chi connectivity index (χ4n) is 2.36. The van der Waals surface area contributed by atoms with E-state index in [-0.39, 0.29) is 18.2 Å². The molecule has 0 unspecified atom stereocenters. The minimum absolute atomic E-state index is 0.00388. The Hall–Kier alpha value is -1.95. The summed E-state index contributed by atoms with van der Waals surface area (Å²) in [6.45, 7) is 2.72. The number of benzene rings is 1. The van der Waals surface area contributed by atoms with Crippen LogP contribution in [0.5, 0.6) is 0 Å². The largest absolute Gasteiger partial charge is 0.396 e. The maximum atomic E-state index is 13.6. The summed E-state index contributed by atoms with van der Waals surface area (Å²) < 4.78 is 13.6. The highest BCUT2D eigenvalue weighted by Gasteiger charge is 2.27. The minimum atomic E-state index is -0.833. The average molecular weight is 294 g/mol. The van der Waals surface area contributed by atoms with Gasteiger partial charge in [0.1, 0.15) is 5.82 Å². The van der Waals surface area contributed by atoms with Gasteiger partial charge in [-0.15, -0.1) is 0 Å². The fourth-order valence-corrected chi connectivity index (χ4v) is 2.36. The maximum Gasteiger partial charge on any atom is 0.313 e. The lowest BCUT2D eigenvalue weighted by atomic mass is 9.98. The average Bonchev–Trinajstić information content (AvgIpc) is 2.49. The molecule has 1 saturated heterocycles. The number of aliphatic hydroxyl groups is 1. The van der Waals surface area contributed by atoms with Gasteiger partial charge in [-0.25, -0.2) is 4.39 Å². The third kappa shape index (κ3) is 3.78. The van der Waals surface area contributed by atoms with E-state index in [9.17, 15) is 14.0 Å². The zero-order valence-corrected chi connectivity index (χ0v) is 11.9. The molecule has 21 heavy (non-hydrogen) atoms.